The van der Waals surface area contributed by atoms with Gasteiger partial charge in [-0.25, -0.2) is 13.2 Å². The summed E-state index contributed by atoms with van der Waals surface area (Å²) in [5, 5.41) is 2.69. The second-order valence-electron chi connectivity index (χ2n) is 6.06. The van der Waals surface area contributed by atoms with Crippen molar-refractivity contribution in [3.8, 4) is 0 Å². The number of amides is 1. The van der Waals surface area contributed by atoms with E-state index in [9.17, 15) is 18.0 Å². The number of anilines is 1. The molecule has 0 aliphatic rings. The van der Waals surface area contributed by atoms with Crippen molar-refractivity contribution in [3.63, 3.8) is 0 Å². The molecule has 0 aliphatic carbocycles. The number of rotatable bonds is 9. The molecule has 2 aromatic carbocycles. The van der Waals surface area contributed by atoms with Gasteiger partial charge in [-0.15, -0.1) is 11.8 Å². The van der Waals surface area contributed by atoms with E-state index >= 15 is 0 Å². The molecule has 162 valence electrons. The topological polar surface area (TPSA) is 92.8 Å². The maximum Gasteiger partial charge on any atom is 0.338 e. The lowest BCUT2D eigenvalue weighted by Crippen LogP contribution is -2.31. The summed E-state index contributed by atoms with van der Waals surface area (Å²) in [7, 11) is -3.86. The number of benzene rings is 2. The molecule has 0 fully saturated rings. The standard InChI is InChI=1S/C20H23ClN2O5S2/c1-4-23(5-2)30(26,27)18-12-14(10-11-15(18)21)20(25)28-13-19(24)22-16-8-6-7-9-17(16)29-3/h6-12H,4-5,13H2,1-3H3,(H,22,24). The largest absolute Gasteiger partial charge is 0.452 e. The van der Waals surface area contributed by atoms with Crippen molar-refractivity contribution in [1.29, 1.82) is 0 Å². The van der Waals surface area contributed by atoms with E-state index in [1.807, 2.05) is 18.4 Å². The van der Waals surface area contributed by atoms with Gasteiger partial charge in [0.1, 0.15) is 4.90 Å². The number of hydrogen-bond acceptors (Lipinski definition) is 6. The van der Waals surface area contributed by atoms with Crippen molar-refractivity contribution in [3.05, 3.63) is 53.1 Å². The summed E-state index contributed by atoms with van der Waals surface area (Å²) < 4.78 is 31.8. The number of halogens is 1. The molecule has 0 radical (unpaired) electrons. The molecule has 2 aromatic rings. The predicted molar refractivity (Wildman–Crippen MR) is 119 cm³/mol. The van der Waals surface area contributed by atoms with Crippen LogP contribution in [-0.2, 0) is 19.6 Å². The summed E-state index contributed by atoms with van der Waals surface area (Å²) in [6, 6.07) is 11.1. The van der Waals surface area contributed by atoms with Crippen molar-refractivity contribution in [2.45, 2.75) is 23.6 Å². The van der Waals surface area contributed by atoms with Gasteiger partial charge in [0.05, 0.1) is 16.3 Å². The van der Waals surface area contributed by atoms with Gasteiger partial charge >= 0.3 is 5.97 Å². The Morgan fingerprint density at radius 2 is 1.80 bits per heavy atom. The van der Waals surface area contributed by atoms with Crippen LogP contribution in [0.1, 0.15) is 24.2 Å². The molecule has 0 saturated carbocycles. The molecule has 0 heterocycles. The van der Waals surface area contributed by atoms with E-state index in [4.69, 9.17) is 16.3 Å². The van der Waals surface area contributed by atoms with Gasteiger partial charge in [0.15, 0.2) is 6.61 Å². The molecule has 0 bridgehead atoms. The van der Waals surface area contributed by atoms with Gasteiger partial charge in [0.25, 0.3) is 5.91 Å². The number of carbonyl (C=O) groups is 2. The van der Waals surface area contributed by atoms with Gasteiger partial charge in [0, 0.05) is 18.0 Å². The first-order valence-electron chi connectivity index (χ1n) is 9.14. The molecule has 7 nitrogen and oxygen atoms in total. The SMILES string of the molecule is CCN(CC)S(=O)(=O)c1cc(C(=O)OCC(=O)Nc2ccccc2SC)ccc1Cl. The maximum atomic E-state index is 12.7. The van der Waals surface area contributed by atoms with Crippen LogP contribution < -0.4 is 5.32 Å². The third kappa shape index (κ3) is 5.75. The van der Waals surface area contributed by atoms with Crippen molar-refractivity contribution in [2.24, 2.45) is 0 Å². The average Bonchev–Trinajstić information content (AvgIpc) is 2.73. The third-order valence-electron chi connectivity index (χ3n) is 4.21. The first-order chi connectivity index (χ1) is 14.2. The van der Waals surface area contributed by atoms with Crippen molar-refractivity contribution >= 4 is 50.9 Å². The van der Waals surface area contributed by atoms with Gasteiger partial charge in [-0.05, 0) is 36.6 Å². The molecule has 1 N–H and O–H groups in total. The van der Waals surface area contributed by atoms with Crippen molar-refractivity contribution < 1.29 is 22.7 Å². The van der Waals surface area contributed by atoms with Crippen molar-refractivity contribution in [1.82, 2.24) is 4.31 Å². The number of thioether (sulfide) groups is 1. The number of nitrogens with zero attached hydrogens (tertiary/aromatic N) is 1. The summed E-state index contributed by atoms with van der Waals surface area (Å²) in [5.74, 6) is -1.33. The van der Waals surface area contributed by atoms with Gasteiger partial charge in [-0.2, -0.15) is 4.31 Å². The van der Waals surface area contributed by atoms with E-state index in [0.717, 1.165) is 4.90 Å². The first kappa shape index (κ1) is 24.2. The summed E-state index contributed by atoms with van der Waals surface area (Å²) in [4.78, 5) is 25.2. The van der Waals surface area contributed by atoms with Crippen LogP contribution in [0.3, 0.4) is 0 Å². The lowest BCUT2D eigenvalue weighted by atomic mass is 10.2. The molecular formula is C20H23ClN2O5S2. The number of ether oxygens (including phenoxy) is 1. The van der Waals surface area contributed by atoms with Crippen LogP contribution in [0.25, 0.3) is 0 Å². The van der Waals surface area contributed by atoms with Crippen LogP contribution in [0.4, 0.5) is 5.69 Å². The Balaban J connectivity index is 2.11. The van der Waals surface area contributed by atoms with E-state index in [2.05, 4.69) is 5.32 Å². The van der Waals surface area contributed by atoms with Gasteiger partial charge < -0.3 is 10.1 Å². The molecule has 2 rings (SSSR count). The first-order valence-corrected chi connectivity index (χ1v) is 12.2. The molecule has 0 aliphatic heterocycles. The summed E-state index contributed by atoms with van der Waals surface area (Å²) in [6.45, 7) is 3.44. The van der Waals surface area contributed by atoms with Crippen LogP contribution in [0, 0.1) is 0 Å². The number of esters is 1. The minimum absolute atomic E-state index is 0.00451. The molecule has 0 saturated heterocycles. The highest BCUT2D eigenvalue weighted by Crippen LogP contribution is 2.26. The zero-order valence-electron chi connectivity index (χ0n) is 16.8. The fraction of sp³-hybridized carbons (Fsp3) is 0.300. The Labute approximate surface area is 185 Å². The van der Waals surface area contributed by atoms with Gasteiger partial charge in [0.2, 0.25) is 10.0 Å². The summed E-state index contributed by atoms with van der Waals surface area (Å²) >= 11 is 7.54. The lowest BCUT2D eigenvalue weighted by Gasteiger charge is -2.19. The Morgan fingerprint density at radius 3 is 2.43 bits per heavy atom. The minimum Gasteiger partial charge on any atom is -0.452 e. The molecule has 30 heavy (non-hydrogen) atoms. The summed E-state index contributed by atoms with van der Waals surface area (Å²) in [5.41, 5.74) is 0.604. The number of sulfonamides is 1. The normalized spacial score (nSPS) is 11.4. The number of nitrogens with one attached hydrogen (secondary N) is 1. The molecule has 10 heteroatoms. The fourth-order valence-electron chi connectivity index (χ4n) is 2.68. The Bertz CT molecular complexity index is 1020. The van der Waals surface area contributed by atoms with E-state index in [1.54, 1.807) is 26.0 Å². The highest BCUT2D eigenvalue weighted by atomic mass is 35.5. The van der Waals surface area contributed by atoms with E-state index in [1.165, 1.54) is 34.3 Å². The molecule has 0 spiro atoms. The molecule has 0 aromatic heterocycles. The van der Waals surface area contributed by atoms with E-state index in [0.29, 0.717) is 5.69 Å². The van der Waals surface area contributed by atoms with Gasteiger partial charge in [-0.1, -0.05) is 37.6 Å². The Kier molecular flexibility index (Phi) is 8.72. The fourth-order valence-corrected chi connectivity index (χ4v) is 5.19. The second kappa shape index (κ2) is 10.8. The molecule has 0 atom stereocenters. The highest BCUT2D eigenvalue weighted by Gasteiger charge is 2.26. The van der Waals surface area contributed by atoms with Crippen LogP contribution in [-0.4, -0.2) is 50.6 Å². The maximum absolute atomic E-state index is 12.7. The molecule has 1 amide bonds. The average molecular weight is 471 g/mol. The van der Waals surface area contributed by atoms with Crippen LogP contribution in [0.15, 0.2) is 52.3 Å². The smallest absolute Gasteiger partial charge is 0.338 e. The molecular weight excluding hydrogens is 448 g/mol. The van der Waals surface area contributed by atoms with E-state index in [-0.39, 0.29) is 28.6 Å². The van der Waals surface area contributed by atoms with Crippen LogP contribution in [0.5, 0.6) is 0 Å². The monoisotopic (exact) mass is 470 g/mol. The Hall–Kier alpha value is -2.07. The highest BCUT2D eigenvalue weighted by molar-refractivity contribution is 7.98. The predicted octanol–water partition coefficient (Wildman–Crippen LogP) is 3.89. The minimum atomic E-state index is -3.86. The second-order valence-corrected chi connectivity index (χ2v) is 9.22. The summed E-state index contributed by atoms with van der Waals surface area (Å²) in [6.07, 6.45) is 1.88. The van der Waals surface area contributed by atoms with Crippen LogP contribution >= 0.6 is 23.4 Å². The number of hydrogen-bond donors (Lipinski definition) is 1. The number of carbonyl (C=O) groups excluding carboxylic acids is 2. The van der Waals surface area contributed by atoms with Crippen LogP contribution in [0.2, 0.25) is 5.02 Å². The number of para-hydroxylation sites is 1. The quantitative estimate of drug-likeness (QED) is 0.441. The third-order valence-corrected chi connectivity index (χ3v) is 7.53. The molecule has 0 unspecified atom stereocenters. The zero-order chi connectivity index (χ0) is 22.3. The Morgan fingerprint density at radius 1 is 1.13 bits per heavy atom. The lowest BCUT2D eigenvalue weighted by molar-refractivity contribution is -0.119. The van der Waals surface area contributed by atoms with E-state index < -0.39 is 28.5 Å². The zero-order valence-corrected chi connectivity index (χ0v) is 19.2. The van der Waals surface area contributed by atoms with Crippen molar-refractivity contribution in [2.75, 3.05) is 31.3 Å². The van der Waals surface area contributed by atoms with Gasteiger partial charge in [-0.3, -0.25) is 4.79 Å².